The van der Waals surface area contributed by atoms with Gasteiger partial charge in [-0.3, -0.25) is 0 Å². The van der Waals surface area contributed by atoms with Crippen LogP contribution in [0.2, 0.25) is 4.34 Å². The predicted octanol–water partition coefficient (Wildman–Crippen LogP) is 4.14. The third-order valence-corrected chi connectivity index (χ3v) is 4.23. The van der Waals surface area contributed by atoms with Gasteiger partial charge in [0.2, 0.25) is 5.88 Å². The van der Waals surface area contributed by atoms with Gasteiger partial charge in [0, 0.05) is 23.1 Å². The molecule has 0 bridgehead atoms. The fraction of sp³-hybridized carbons (Fsp3) is 0.333. The second-order valence-corrected chi connectivity index (χ2v) is 7.50. The molecule has 0 fully saturated rings. The molecule has 112 valence electrons. The molecule has 2 heterocycles. The van der Waals surface area contributed by atoms with E-state index in [0.29, 0.717) is 6.42 Å². The van der Waals surface area contributed by atoms with Gasteiger partial charge in [-0.15, -0.1) is 11.3 Å². The molecule has 4 nitrogen and oxygen atoms in total. The molecule has 0 saturated carbocycles. The van der Waals surface area contributed by atoms with E-state index in [2.05, 4.69) is 25.8 Å². The lowest BCUT2D eigenvalue weighted by atomic mass is 9.83. The minimum absolute atomic E-state index is 0.102. The summed E-state index contributed by atoms with van der Waals surface area (Å²) in [7, 11) is 0. The van der Waals surface area contributed by atoms with Crippen LogP contribution < -0.4 is 10.5 Å². The topological polar surface area (TPSA) is 65.2 Å². The number of rotatable bonds is 3. The van der Waals surface area contributed by atoms with Crippen LogP contribution in [0.15, 0.2) is 24.4 Å². The van der Waals surface area contributed by atoms with E-state index < -0.39 is 6.09 Å². The maximum atomic E-state index is 11.1. The normalized spacial score (nSPS) is 11.4. The first-order valence-electron chi connectivity index (χ1n) is 6.47. The van der Waals surface area contributed by atoms with Crippen LogP contribution >= 0.6 is 22.9 Å². The van der Waals surface area contributed by atoms with Crippen LogP contribution in [0.1, 0.15) is 36.8 Å². The van der Waals surface area contributed by atoms with Gasteiger partial charge in [-0.25, -0.2) is 9.78 Å². The van der Waals surface area contributed by atoms with Crippen LogP contribution in [-0.2, 0) is 11.8 Å². The zero-order valence-corrected chi connectivity index (χ0v) is 13.7. The molecular formula is C15H17ClN2O2S. The maximum absolute atomic E-state index is 11.1. The minimum Gasteiger partial charge on any atom is -0.391 e. The molecule has 2 aromatic rings. The number of amides is 1. The second-order valence-electron chi connectivity index (χ2n) is 5.70. The number of carbonyl (C=O) groups is 1. The highest BCUT2D eigenvalue weighted by atomic mass is 35.5. The lowest BCUT2D eigenvalue weighted by Gasteiger charge is -2.23. The SMILES string of the molecule is CC(C)(C)c1ccnc(OC(N)=O)c1Cc1ccc(Cl)s1. The molecule has 0 spiro atoms. The monoisotopic (exact) mass is 324 g/mol. The van der Waals surface area contributed by atoms with Gasteiger partial charge in [0.25, 0.3) is 0 Å². The van der Waals surface area contributed by atoms with Crippen molar-refractivity contribution in [1.82, 2.24) is 4.98 Å². The Morgan fingerprint density at radius 2 is 2.10 bits per heavy atom. The highest BCUT2D eigenvalue weighted by Gasteiger charge is 2.23. The summed E-state index contributed by atoms with van der Waals surface area (Å²) in [5, 5.41) is 0. The molecular weight excluding hydrogens is 308 g/mol. The molecule has 0 aliphatic heterocycles. The molecule has 0 radical (unpaired) electrons. The maximum Gasteiger partial charge on any atom is 0.411 e. The minimum atomic E-state index is -0.862. The number of halogens is 1. The van der Waals surface area contributed by atoms with Crippen LogP contribution in [0.3, 0.4) is 0 Å². The molecule has 0 aliphatic carbocycles. The molecule has 0 saturated heterocycles. The summed E-state index contributed by atoms with van der Waals surface area (Å²) >= 11 is 7.47. The number of pyridine rings is 1. The largest absolute Gasteiger partial charge is 0.411 e. The van der Waals surface area contributed by atoms with E-state index in [1.807, 2.05) is 18.2 Å². The Morgan fingerprint density at radius 1 is 1.38 bits per heavy atom. The number of aromatic nitrogens is 1. The number of hydrogen-bond donors (Lipinski definition) is 1. The van der Waals surface area contributed by atoms with Crippen molar-refractivity contribution in [2.24, 2.45) is 5.73 Å². The molecule has 1 amide bonds. The highest BCUT2D eigenvalue weighted by molar-refractivity contribution is 7.16. The average molecular weight is 325 g/mol. The van der Waals surface area contributed by atoms with Gasteiger partial charge in [-0.1, -0.05) is 32.4 Å². The highest BCUT2D eigenvalue weighted by Crippen LogP contribution is 2.34. The number of nitrogens with zero attached hydrogens (tertiary/aromatic N) is 1. The third-order valence-electron chi connectivity index (χ3n) is 3.00. The fourth-order valence-corrected chi connectivity index (χ4v) is 3.25. The summed E-state index contributed by atoms with van der Waals surface area (Å²) in [6.45, 7) is 6.30. The van der Waals surface area contributed by atoms with E-state index in [9.17, 15) is 4.79 Å². The third kappa shape index (κ3) is 3.95. The summed E-state index contributed by atoms with van der Waals surface area (Å²) < 4.78 is 5.79. The summed E-state index contributed by atoms with van der Waals surface area (Å²) in [6.07, 6.45) is 1.36. The number of thiophene rings is 1. The van der Waals surface area contributed by atoms with Crippen molar-refractivity contribution >= 4 is 29.0 Å². The van der Waals surface area contributed by atoms with E-state index in [0.717, 1.165) is 20.3 Å². The average Bonchev–Trinajstić information content (AvgIpc) is 2.75. The standard InChI is InChI=1S/C15H17ClN2O2S/c1-15(2,3)11-6-7-18-13(20-14(17)19)10(11)8-9-4-5-12(16)21-9/h4-7H,8H2,1-3H3,(H2,17,19). The van der Waals surface area contributed by atoms with Crippen molar-refractivity contribution < 1.29 is 9.53 Å². The van der Waals surface area contributed by atoms with Crippen molar-refractivity contribution in [3.8, 4) is 5.88 Å². The summed E-state index contributed by atoms with van der Waals surface area (Å²) in [5.74, 6) is 0.263. The molecule has 6 heteroatoms. The fourth-order valence-electron chi connectivity index (χ4n) is 2.15. The number of nitrogens with two attached hydrogens (primary N) is 1. The first kappa shape index (κ1) is 15.8. The Morgan fingerprint density at radius 3 is 2.62 bits per heavy atom. The summed E-state index contributed by atoms with van der Waals surface area (Å²) in [6, 6.07) is 5.75. The Kier molecular flexibility index (Phi) is 4.54. The van der Waals surface area contributed by atoms with Crippen LogP contribution in [-0.4, -0.2) is 11.1 Å². The van der Waals surface area contributed by atoms with Crippen LogP contribution in [0.5, 0.6) is 5.88 Å². The van der Waals surface area contributed by atoms with Crippen molar-refractivity contribution in [2.75, 3.05) is 0 Å². The van der Waals surface area contributed by atoms with E-state index in [4.69, 9.17) is 22.1 Å². The summed E-state index contributed by atoms with van der Waals surface area (Å²) in [4.78, 5) is 16.3. The predicted molar refractivity (Wildman–Crippen MR) is 85.3 cm³/mol. The van der Waals surface area contributed by atoms with Crippen LogP contribution in [0.4, 0.5) is 4.79 Å². The smallest absolute Gasteiger partial charge is 0.391 e. The van der Waals surface area contributed by atoms with E-state index in [1.54, 1.807) is 6.20 Å². The van der Waals surface area contributed by atoms with Crippen molar-refractivity contribution in [3.63, 3.8) is 0 Å². The Bertz CT molecular complexity index is 662. The molecule has 2 rings (SSSR count). The molecule has 21 heavy (non-hydrogen) atoms. The van der Waals surface area contributed by atoms with Crippen LogP contribution in [0.25, 0.3) is 0 Å². The van der Waals surface area contributed by atoms with E-state index >= 15 is 0 Å². The molecule has 0 unspecified atom stereocenters. The molecule has 0 aliphatic rings. The van der Waals surface area contributed by atoms with Crippen molar-refractivity contribution in [1.29, 1.82) is 0 Å². The number of ether oxygens (including phenoxy) is 1. The molecule has 0 atom stereocenters. The number of primary amides is 1. The lowest BCUT2D eigenvalue weighted by Crippen LogP contribution is -2.21. The van der Waals surface area contributed by atoms with Gasteiger partial charge in [0.05, 0.1) is 4.34 Å². The van der Waals surface area contributed by atoms with E-state index in [1.165, 1.54) is 11.3 Å². The van der Waals surface area contributed by atoms with Crippen molar-refractivity contribution in [2.45, 2.75) is 32.6 Å². The first-order valence-corrected chi connectivity index (χ1v) is 7.66. The number of carbonyl (C=O) groups excluding carboxylic acids is 1. The van der Waals surface area contributed by atoms with Gasteiger partial charge >= 0.3 is 6.09 Å². The summed E-state index contributed by atoms with van der Waals surface area (Å²) in [5.41, 5.74) is 6.96. The van der Waals surface area contributed by atoms with Gasteiger partial charge in [0.15, 0.2) is 0 Å². The Balaban J connectivity index is 2.49. The molecule has 2 aromatic heterocycles. The van der Waals surface area contributed by atoms with Gasteiger partial charge < -0.3 is 10.5 Å². The zero-order valence-electron chi connectivity index (χ0n) is 12.1. The zero-order chi connectivity index (χ0) is 15.6. The first-order chi connectivity index (χ1) is 9.77. The second kappa shape index (κ2) is 6.03. The Hall–Kier alpha value is -1.59. The number of hydrogen-bond acceptors (Lipinski definition) is 4. The van der Waals surface area contributed by atoms with Crippen LogP contribution in [0, 0.1) is 0 Å². The van der Waals surface area contributed by atoms with Gasteiger partial charge in [-0.05, 0) is 29.2 Å². The lowest BCUT2D eigenvalue weighted by molar-refractivity contribution is 0.208. The van der Waals surface area contributed by atoms with E-state index in [-0.39, 0.29) is 11.3 Å². The van der Waals surface area contributed by atoms with Gasteiger partial charge in [0.1, 0.15) is 0 Å². The Labute approximate surface area is 132 Å². The van der Waals surface area contributed by atoms with Crippen molar-refractivity contribution in [3.05, 3.63) is 44.7 Å². The molecule has 0 aromatic carbocycles. The quantitative estimate of drug-likeness (QED) is 0.922. The molecule has 2 N–H and O–H groups in total. The van der Waals surface area contributed by atoms with Gasteiger partial charge in [-0.2, -0.15) is 0 Å².